The van der Waals surface area contributed by atoms with Gasteiger partial charge in [0.15, 0.2) is 5.78 Å². The van der Waals surface area contributed by atoms with Gasteiger partial charge in [-0.15, -0.1) is 6.58 Å². The van der Waals surface area contributed by atoms with E-state index >= 15 is 0 Å². The summed E-state index contributed by atoms with van der Waals surface area (Å²) in [6, 6.07) is 5.78. The Labute approximate surface area is 212 Å². The van der Waals surface area contributed by atoms with Crippen molar-refractivity contribution in [2.45, 2.75) is 46.8 Å². The first kappa shape index (κ1) is 27.1. The summed E-state index contributed by atoms with van der Waals surface area (Å²) < 4.78 is 1.94. The summed E-state index contributed by atoms with van der Waals surface area (Å²) in [5.74, 6) is -0.115. The number of hydrogen-bond donors (Lipinski definition) is 0. The van der Waals surface area contributed by atoms with Crippen LogP contribution in [0.4, 0.5) is 0 Å². The molecule has 0 saturated carbocycles. The van der Waals surface area contributed by atoms with Crippen LogP contribution in [-0.2, 0) is 28.0 Å². The Morgan fingerprint density at radius 3 is 2.56 bits per heavy atom. The molecule has 1 fully saturated rings. The highest BCUT2D eigenvalue weighted by atomic mass is 16.2. The number of carbonyl (C=O) groups is 4. The molecule has 9 heteroatoms. The Hall–Kier alpha value is -3.46. The van der Waals surface area contributed by atoms with E-state index in [9.17, 15) is 19.2 Å². The van der Waals surface area contributed by atoms with E-state index in [2.05, 4.69) is 6.58 Å². The molecule has 0 spiro atoms. The van der Waals surface area contributed by atoms with Crippen molar-refractivity contribution < 1.29 is 19.2 Å². The highest BCUT2D eigenvalue weighted by molar-refractivity contribution is 6.09. The van der Waals surface area contributed by atoms with Gasteiger partial charge < -0.3 is 14.4 Å². The number of hydrogen-bond acceptors (Lipinski definition) is 5. The van der Waals surface area contributed by atoms with Crippen LogP contribution in [0.25, 0.3) is 10.9 Å². The first-order valence-electron chi connectivity index (χ1n) is 12.2. The third-order valence-electron chi connectivity index (χ3n) is 6.45. The van der Waals surface area contributed by atoms with Gasteiger partial charge in [0, 0.05) is 50.2 Å². The second-order valence-electron chi connectivity index (χ2n) is 10.4. The maximum Gasteiger partial charge on any atom is 0.242 e. The number of Topliss-reactive ketones (excluding diaryl/α,β-unsaturated/α-hetero) is 1. The molecule has 3 amide bonds. The van der Waals surface area contributed by atoms with Crippen molar-refractivity contribution in [2.24, 2.45) is 12.5 Å². The van der Waals surface area contributed by atoms with Crippen molar-refractivity contribution in [3.05, 3.63) is 48.2 Å². The molecule has 194 valence electrons. The fraction of sp³-hybridized carbons (Fsp3) is 0.481. The highest BCUT2D eigenvalue weighted by Gasteiger charge is 2.37. The largest absolute Gasteiger partial charge is 0.350 e. The van der Waals surface area contributed by atoms with Crippen LogP contribution in [0.15, 0.2) is 37.1 Å². The van der Waals surface area contributed by atoms with Gasteiger partial charge in [0.05, 0.1) is 12.1 Å². The molecule has 1 atom stereocenters. The lowest BCUT2D eigenvalue weighted by Crippen LogP contribution is -2.64. The summed E-state index contributed by atoms with van der Waals surface area (Å²) in [6.45, 7) is 13.1. The third kappa shape index (κ3) is 5.67. The molecule has 36 heavy (non-hydrogen) atoms. The molecule has 0 radical (unpaired) electrons. The molecule has 1 aliphatic heterocycles. The van der Waals surface area contributed by atoms with Gasteiger partial charge in [-0.05, 0) is 11.0 Å². The summed E-state index contributed by atoms with van der Waals surface area (Å²) >= 11 is 0. The Balaban J connectivity index is 1.94. The van der Waals surface area contributed by atoms with E-state index in [0.717, 1.165) is 16.5 Å². The van der Waals surface area contributed by atoms with Gasteiger partial charge in [-0.3, -0.25) is 24.2 Å². The van der Waals surface area contributed by atoms with Crippen molar-refractivity contribution in [3.63, 3.8) is 0 Å². The third-order valence-corrected chi connectivity index (χ3v) is 6.45. The standard InChI is InChI=1S/C27H37N5O4/c1-7-12-31(8-2)32(19-34)24-16-29(25(36)17-30(24)18-33)14-20-10-9-11-21-22(15-28(6)26(20)21)23(35)13-27(3,4)5/h7,9-11,15,18-19,24H,1,8,12-14,16-17H2,2-6H3. The Morgan fingerprint density at radius 1 is 1.25 bits per heavy atom. The SMILES string of the molecule is C=CCN(CC)N(C=O)C1CN(Cc2cccc3c(C(=O)CC(C)(C)C)cn(C)c23)C(=O)CN1C=O. The number of benzene rings is 1. The summed E-state index contributed by atoms with van der Waals surface area (Å²) in [5, 5.41) is 4.10. The molecule has 1 unspecified atom stereocenters. The van der Waals surface area contributed by atoms with Crippen LogP contribution in [0.3, 0.4) is 0 Å². The van der Waals surface area contributed by atoms with Crippen molar-refractivity contribution >= 4 is 35.4 Å². The summed E-state index contributed by atoms with van der Waals surface area (Å²) in [5.41, 5.74) is 2.34. The predicted molar refractivity (Wildman–Crippen MR) is 139 cm³/mol. The molecule has 3 rings (SSSR count). The normalized spacial score (nSPS) is 16.5. The highest BCUT2D eigenvalue weighted by Crippen LogP contribution is 2.30. The fourth-order valence-corrected chi connectivity index (χ4v) is 4.81. The van der Waals surface area contributed by atoms with E-state index in [1.54, 1.807) is 16.0 Å². The lowest BCUT2D eigenvalue weighted by molar-refractivity contribution is -0.169. The zero-order valence-corrected chi connectivity index (χ0v) is 21.9. The minimum absolute atomic E-state index is 0.0875. The monoisotopic (exact) mass is 495 g/mol. The van der Waals surface area contributed by atoms with Crippen molar-refractivity contribution in [1.29, 1.82) is 0 Å². The molecule has 2 heterocycles. The number of nitrogens with zero attached hydrogens (tertiary/aromatic N) is 5. The number of hydrazine groups is 1. The molecule has 1 aromatic carbocycles. The predicted octanol–water partition coefficient (Wildman–Crippen LogP) is 2.81. The van der Waals surface area contributed by atoms with Gasteiger partial charge in [0.2, 0.25) is 18.7 Å². The van der Waals surface area contributed by atoms with Crippen LogP contribution in [0.1, 0.15) is 50.0 Å². The Kier molecular flexibility index (Phi) is 8.35. The molecular weight excluding hydrogens is 458 g/mol. The van der Waals surface area contributed by atoms with Gasteiger partial charge in [-0.25, -0.2) is 5.01 Å². The molecule has 2 aromatic rings. The van der Waals surface area contributed by atoms with Crippen molar-refractivity contribution in [1.82, 2.24) is 24.4 Å². The van der Waals surface area contributed by atoms with Gasteiger partial charge >= 0.3 is 0 Å². The minimum atomic E-state index is -0.630. The average molecular weight is 496 g/mol. The molecule has 0 aliphatic carbocycles. The maximum atomic E-state index is 13.0. The first-order valence-corrected chi connectivity index (χ1v) is 12.2. The Bertz CT molecular complexity index is 1150. The smallest absolute Gasteiger partial charge is 0.242 e. The number of piperazine rings is 1. The number of aryl methyl sites for hydroxylation is 1. The summed E-state index contributed by atoms with van der Waals surface area (Å²) in [6.07, 6.45) is 4.65. The topological polar surface area (TPSA) is 86.2 Å². The van der Waals surface area contributed by atoms with Crippen LogP contribution in [0, 0.1) is 5.41 Å². The lowest BCUT2D eigenvalue weighted by Gasteiger charge is -2.46. The molecule has 1 saturated heterocycles. The number of rotatable bonds is 11. The van der Waals surface area contributed by atoms with Gasteiger partial charge in [0.1, 0.15) is 12.7 Å². The first-order chi connectivity index (χ1) is 17.0. The number of carbonyl (C=O) groups excluding carboxylic acids is 4. The van der Waals surface area contributed by atoms with Crippen LogP contribution >= 0.6 is 0 Å². The molecular formula is C27H37N5O4. The zero-order valence-electron chi connectivity index (χ0n) is 21.9. The summed E-state index contributed by atoms with van der Waals surface area (Å²) in [4.78, 5) is 52.9. The van der Waals surface area contributed by atoms with E-state index in [-0.39, 0.29) is 30.2 Å². The number of fused-ring (bicyclic) bond motifs is 1. The quantitative estimate of drug-likeness (QED) is 0.207. The molecule has 0 bridgehead atoms. The second-order valence-corrected chi connectivity index (χ2v) is 10.4. The van der Waals surface area contributed by atoms with Crippen LogP contribution in [0.5, 0.6) is 0 Å². The van der Waals surface area contributed by atoms with Gasteiger partial charge in [-0.2, -0.15) is 0 Å². The molecule has 9 nitrogen and oxygen atoms in total. The van der Waals surface area contributed by atoms with E-state index in [1.807, 2.05) is 63.7 Å². The van der Waals surface area contributed by atoms with Crippen molar-refractivity contribution in [3.8, 4) is 0 Å². The molecule has 0 N–H and O–H groups in total. The van der Waals surface area contributed by atoms with E-state index in [4.69, 9.17) is 0 Å². The Morgan fingerprint density at radius 2 is 1.97 bits per heavy atom. The number of likely N-dealkylation sites (N-methyl/N-ethyl adjacent to an activating group) is 1. The summed E-state index contributed by atoms with van der Waals surface area (Å²) in [7, 11) is 1.90. The molecule has 1 aromatic heterocycles. The van der Waals surface area contributed by atoms with Gasteiger partial charge in [0.25, 0.3) is 0 Å². The van der Waals surface area contributed by atoms with Crippen LogP contribution < -0.4 is 0 Å². The van der Waals surface area contributed by atoms with Gasteiger partial charge in [-0.1, -0.05) is 52.0 Å². The zero-order chi connectivity index (χ0) is 26.6. The maximum absolute atomic E-state index is 13.0. The lowest BCUT2D eigenvalue weighted by atomic mass is 9.88. The fourth-order valence-electron chi connectivity index (χ4n) is 4.81. The average Bonchev–Trinajstić information content (AvgIpc) is 3.17. The van der Waals surface area contributed by atoms with E-state index in [0.29, 0.717) is 44.4 Å². The number of aromatic nitrogens is 1. The van der Waals surface area contributed by atoms with Crippen LogP contribution in [-0.4, -0.2) is 81.2 Å². The molecule has 1 aliphatic rings. The number of ketones is 1. The van der Waals surface area contributed by atoms with Crippen LogP contribution in [0.2, 0.25) is 0 Å². The number of para-hydroxylation sites is 1. The van der Waals surface area contributed by atoms with E-state index < -0.39 is 6.17 Å². The van der Waals surface area contributed by atoms with E-state index in [1.165, 1.54) is 9.91 Å². The minimum Gasteiger partial charge on any atom is -0.350 e. The van der Waals surface area contributed by atoms with Crippen molar-refractivity contribution in [2.75, 3.05) is 26.2 Å². The second kappa shape index (κ2) is 11.1. The number of amides is 3.